The van der Waals surface area contributed by atoms with E-state index in [-0.39, 0.29) is 19.3 Å². The first-order chi connectivity index (χ1) is 22.9. The van der Waals surface area contributed by atoms with E-state index < -0.39 is 19.8 Å². The van der Waals surface area contributed by atoms with Gasteiger partial charge in [-0.3, -0.25) is 4.79 Å². The van der Waals surface area contributed by atoms with Crippen LogP contribution in [0.25, 0.3) is 21.9 Å². The average molecular weight is 662 g/mol. The van der Waals surface area contributed by atoms with Crippen molar-refractivity contribution >= 4 is 59.4 Å². The number of amides is 1. The summed E-state index contributed by atoms with van der Waals surface area (Å²) in [5, 5.41) is 3.22. The first-order valence-corrected chi connectivity index (χ1v) is 18.6. The molecule has 0 aliphatic carbocycles. The van der Waals surface area contributed by atoms with Gasteiger partial charge in [0.05, 0.1) is 30.3 Å². The van der Waals surface area contributed by atoms with Gasteiger partial charge in [0.1, 0.15) is 17.5 Å². The summed E-state index contributed by atoms with van der Waals surface area (Å²) >= 11 is 0. The molecule has 3 aromatic rings. The zero-order valence-electron chi connectivity index (χ0n) is 27.9. The van der Waals surface area contributed by atoms with E-state index in [0.29, 0.717) is 19.4 Å². The van der Waals surface area contributed by atoms with E-state index in [9.17, 15) is 14.4 Å². The van der Waals surface area contributed by atoms with Gasteiger partial charge in [0, 0.05) is 75.6 Å². The Morgan fingerprint density at radius 1 is 0.872 bits per heavy atom. The van der Waals surface area contributed by atoms with E-state index in [1.807, 2.05) is 14.0 Å². The number of carbonyl (C=O) groups is 3. The minimum absolute atomic E-state index is 0.00886. The molecule has 11 heteroatoms. The predicted octanol–water partition coefficient (Wildman–Crippen LogP) is 6.08. The Bertz CT molecular complexity index is 1720. The summed E-state index contributed by atoms with van der Waals surface area (Å²) in [6, 6.07) is 4.77. The molecule has 0 saturated carbocycles. The highest BCUT2D eigenvalue weighted by molar-refractivity contribution is 7.42. The highest BCUT2D eigenvalue weighted by Crippen LogP contribution is 2.48. The van der Waals surface area contributed by atoms with E-state index in [1.54, 1.807) is 0 Å². The molecule has 0 fully saturated rings. The van der Waals surface area contributed by atoms with E-state index in [4.69, 9.17) is 13.8 Å². The number of fused-ring (bicyclic) bond motifs is 4. The highest BCUT2D eigenvalue weighted by Gasteiger charge is 2.34. The maximum atomic E-state index is 12.9. The van der Waals surface area contributed by atoms with Crippen LogP contribution in [0.2, 0.25) is 0 Å². The van der Waals surface area contributed by atoms with E-state index in [0.717, 1.165) is 105 Å². The van der Waals surface area contributed by atoms with Crippen molar-refractivity contribution < 1.29 is 28.2 Å². The molecule has 0 saturated heterocycles. The third-order valence-corrected chi connectivity index (χ3v) is 12.3. The Morgan fingerprint density at radius 2 is 1.43 bits per heavy atom. The molecule has 47 heavy (non-hydrogen) atoms. The predicted molar refractivity (Wildman–Crippen MR) is 185 cm³/mol. The Labute approximate surface area is 277 Å². The van der Waals surface area contributed by atoms with Gasteiger partial charge in [-0.15, -0.1) is 4.67 Å². The molecular weight excluding hydrogens is 615 g/mol. The van der Waals surface area contributed by atoms with Crippen molar-refractivity contribution in [3.8, 4) is 0 Å². The molecule has 0 N–H and O–H groups in total. The second-order valence-corrected chi connectivity index (χ2v) is 15.1. The second-order valence-electron chi connectivity index (χ2n) is 13.2. The lowest BCUT2D eigenvalue weighted by atomic mass is 9.88. The fourth-order valence-electron chi connectivity index (χ4n) is 8.09. The standard InChI is InChI=1S/C36H46N4O6P/c1-4-44-47(37(2)20-15-31(43)46-38(3)30(42)14-9-21-41)36-28-22-24-10-5-16-39-18-7-12-26(32(24)39)34(28)45-35-27-13-8-19-40-17-6-11-25(33(27)40)23-29(35)36/h21-23H,4-20H2,1-3H3/q+1. The van der Waals surface area contributed by atoms with Gasteiger partial charge in [0.2, 0.25) is 4.94 Å². The fourth-order valence-corrected chi connectivity index (χ4v) is 10.0. The van der Waals surface area contributed by atoms with Crippen LogP contribution in [0.1, 0.15) is 74.1 Å². The maximum Gasteiger partial charge on any atom is 0.363 e. The molecule has 2 aromatic carbocycles. The zero-order chi connectivity index (χ0) is 32.7. The molecule has 10 nitrogen and oxygen atoms in total. The van der Waals surface area contributed by atoms with Gasteiger partial charge in [-0.05, 0) is 81.5 Å². The van der Waals surface area contributed by atoms with Crippen molar-refractivity contribution in [3.05, 3.63) is 39.3 Å². The smallest absolute Gasteiger partial charge is 0.363 e. The number of hydroxylamine groups is 2. The summed E-state index contributed by atoms with van der Waals surface area (Å²) in [5.41, 5.74) is 10.3. The molecule has 1 unspecified atom stereocenters. The zero-order valence-corrected chi connectivity index (χ0v) is 28.8. The normalized spacial score (nSPS) is 17.1. The highest BCUT2D eigenvalue weighted by atomic mass is 31.1. The molecular formula is C36H46N4O6P+. The lowest BCUT2D eigenvalue weighted by molar-refractivity contribution is -0.192. The summed E-state index contributed by atoms with van der Waals surface area (Å²) in [6.07, 6.45) is 9.55. The van der Waals surface area contributed by atoms with Gasteiger partial charge in [-0.25, -0.2) is 4.79 Å². The number of nitrogens with zero attached hydrogens (tertiary/aromatic N) is 4. The molecule has 250 valence electrons. The Hall–Kier alpha value is -3.46. The second kappa shape index (κ2) is 13.6. The topological polar surface area (TPSA) is 95.8 Å². The van der Waals surface area contributed by atoms with Crippen LogP contribution in [0.4, 0.5) is 11.4 Å². The number of hydrogen-bond acceptors (Lipinski definition) is 9. The molecule has 4 aliphatic rings. The molecule has 7 rings (SSSR count). The molecule has 1 amide bonds. The van der Waals surface area contributed by atoms with Crippen LogP contribution >= 0.6 is 7.92 Å². The number of carbonyl (C=O) groups excluding carboxylic acids is 3. The van der Waals surface area contributed by atoms with Gasteiger partial charge >= 0.3 is 13.9 Å². The first kappa shape index (κ1) is 32.1. The maximum absolute atomic E-state index is 12.9. The van der Waals surface area contributed by atoms with Crippen LogP contribution in [0.5, 0.6) is 0 Å². The van der Waals surface area contributed by atoms with E-state index in [2.05, 4.69) is 26.6 Å². The fraction of sp³-hybridized carbons (Fsp3) is 0.556. The largest absolute Gasteiger partial charge is 0.455 e. The third-order valence-electron chi connectivity index (χ3n) is 10.1. The van der Waals surface area contributed by atoms with Crippen LogP contribution in [-0.4, -0.2) is 81.3 Å². The Morgan fingerprint density at radius 3 is 1.96 bits per heavy atom. The van der Waals surface area contributed by atoms with Crippen LogP contribution in [0, 0.1) is 4.94 Å². The number of benzene rings is 2. The van der Waals surface area contributed by atoms with E-state index >= 15 is 0 Å². The summed E-state index contributed by atoms with van der Waals surface area (Å²) < 4.78 is 16.0. The van der Waals surface area contributed by atoms with Crippen molar-refractivity contribution in [2.24, 2.45) is 0 Å². The number of aldehydes is 1. The number of aryl methyl sites for hydroxylation is 4. The van der Waals surface area contributed by atoms with E-state index in [1.165, 1.54) is 45.6 Å². The summed E-state index contributed by atoms with van der Waals surface area (Å²) in [4.78, 5) is 47.4. The van der Waals surface area contributed by atoms with Crippen LogP contribution in [0.15, 0.2) is 16.5 Å². The van der Waals surface area contributed by atoms with Gasteiger partial charge < -0.3 is 23.8 Å². The molecule has 0 spiro atoms. The lowest BCUT2D eigenvalue weighted by Crippen LogP contribution is -2.35. The summed E-state index contributed by atoms with van der Waals surface area (Å²) in [7, 11) is 2.11. The molecule has 1 atom stereocenters. The van der Waals surface area contributed by atoms with Crippen molar-refractivity contribution in [1.82, 2.24) is 9.73 Å². The van der Waals surface area contributed by atoms with Crippen molar-refractivity contribution in [2.45, 2.75) is 77.6 Å². The Balaban J connectivity index is 1.39. The van der Waals surface area contributed by atoms with Crippen molar-refractivity contribution in [3.63, 3.8) is 0 Å². The molecule has 5 heterocycles. The minimum atomic E-state index is -1.32. The summed E-state index contributed by atoms with van der Waals surface area (Å²) in [5.74, 6) is -0.904. The first-order valence-electron chi connectivity index (χ1n) is 17.4. The van der Waals surface area contributed by atoms with Crippen LogP contribution < -0.4 is 9.80 Å². The van der Waals surface area contributed by atoms with Gasteiger partial charge in [0.25, 0.3) is 5.91 Å². The third kappa shape index (κ3) is 5.93. The van der Waals surface area contributed by atoms with Crippen molar-refractivity contribution in [2.75, 3.05) is 63.2 Å². The Kier molecular flexibility index (Phi) is 9.27. The van der Waals surface area contributed by atoms with Gasteiger partial charge in [-0.2, -0.15) is 9.59 Å². The minimum Gasteiger partial charge on any atom is -0.455 e. The van der Waals surface area contributed by atoms with Crippen LogP contribution in [0.3, 0.4) is 0 Å². The molecule has 0 bridgehead atoms. The number of hydrogen-bond donors (Lipinski definition) is 0. The number of anilines is 2. The molecule has 4 aliphatic heterocycles. The quantitative estimate of drug-likeness (QED) is 0.117. The van der Waals surface area contributed by atoms with Gasteiger partial charge in [-0.1, -0.05) is 0 Å². The monoisotopic (exact) mass is 661 g/mol. The SMILES string of the molecule is CCO[P+](=c1c2cc3c4c(c2oc2c5c6c(cc12)CCCN6CCC5)CCCN4CCC3)N(C)CCC(=O)ON(C)C(=O)CCC=O. The van der Waals surface area contributed by atoms with Crippen LogP contribution in [-0.2, 0) is 49.4 Å². The van der Waals surface area contributed by atoms with Crippen molar-refractivity contribution in [1.29, 1.82) is 0 Å². The molecule has 0 radical (unpaired) electrons. The average Bonchev–Trinajstić information content (AvgIpc) is 3.08. The number of rotatable bonds is 9. The van der Waals surface area contributed by atoms with Gasteiger partial charge in [0.15, 0.2) is 0 Å². The lowest BCUT2D eigenvalue weighted by Gasteiger charge is -2.38. The molecule has 1 aromatic heterocycles. The summed E-state index contributed by atoms with van der Waals surface area (Å²) in [6.45, 7) is 7.35.